The van der Waals surface area contributed by atoms with Crippen molar-refractivity contribution in [3.63, 3.8) is 0 Å². The van der Waals surface area contributed by atoms with E-state index in [0.717, 1.165) is 11.3 Å². The van der Waals surface area contributed by atoms with Crippen LogP contribution in [0.2, 0.25) is 0 Å². The van der Waals surface area contributed by atoms with Crippen molar-refractivity contribution in [3.8, 4) is 5.75 Å². The molecule has 3 nitrogen and oxygen atoms in total. The Morgan fingerprint density at radius 1 is 1.50 bits per heavy atom. The van der Waals surface area contributed by atoms with Gasteiger partial charge in [0.15, 0.2) is 0 Å². The van der Waals surface area contributed by atoms with Gasteiger partial charge in [0.25, 0.3) is 0 Å². The minimum atomic E-state index is 0.327. The monoisotopic (exact) mass is 165 g/mol. The first-order valence-corrected chi connectivity index (χ1v) is 3.79. The Bertz CT molecular complexity index is 260. The summed E-state index contributed by atoms with van der Waals surface area (Å²) in [6, 6.07) is 7.63. The smallest absolute Gasteiger partial charge is 0.119 e. The number of nitroso groups, excluding NO2 is 1. The predicted molar refractivity (Wildman–Crippen MR) is 47.4 cm³/mol. The van der Waals surface area contributed by atoms with Crippen LogP contribution >= 0.6 is 0 Å². The first-order chi connectivity index (χ1) is 5.86. The third-order valence-corrected chi connectivity index (χ3v) is 1.63. The second kappa shape index (κ2) is 4.49. The summed E-state index contributed by atoms with van der Waals surface area (Å²) >= 11 is 0. The summed E-state index contributed by atoms with van der Waals surface area (Å²) in [5.41, 5.74) is 1.08. The van der Waals surface area contributed by atoms with Gasteiger partial charge in [0.2, 0.25) is 0 Å². The van der Waals surface area contributed by atoms with Gasteiger partial charge in [-0.2, -0.15) is 4.91 Å². The van der Waals surface area contributed by atoms with E-state index in [-0.39, 0.29) is 0 Å². The lowest BCUT2D eigenvalue weighted by Crippen LogP contribution is -1.89. The fraction of sp³-hybridized carbons (Fsp3) is 0.333. The van der Waals surface area contributed by atoms with E-state index in [2.05, 4.69) is 5.18 Å². The molecule has 0 amide bonds. The van der Waals surface area contributed by atoms with Gasteiger partial charge in [-0.05, 0) is 24.1 Å². The molecule has 0 saturated heterocycles. The first-order valence-electron chi connectivity index (χ1n) is 3.79. The Labute approximate surface area is 71.3 Å². The maximum absolute atomic E-state index is 9.85. The van der Waals surface area contributed by atoms with Crippen molar-refractivity contribution in [1.82, 2.24) is 0 Å². The summed E-state index contributed by atoms with van der Waals surface area (Å²) in [6.07, 6.45) is 0.681. The molecule has 0 heterocycles. The fourth-order valence-electron chi connectivity index (χ4n) is 1.00. The molecule has 0 fully saturated rings. The van der Waals surface area contributed by atoms with Gasteiger partial charge < -0.3 is 4.74 Å². The van der Waals surface area contributed by atoms with Crippen LogP contribution in [0.15, 0.2) is 29.4 Å². The summed E-state index contributed by atoms with van der Waals surface area (Å²) < 4.78 is 5.03. The molecule has 12 heavy (non-hydrogen) atoms. The van der Waals surface area contributed by atoms with Crippen molar-refractivity contribution in [3.05, 3.63) is 34.7 Å². The van der Waals surface area contributed by atoms with Crippen LogP contribution in [0.1, 0.15) is 5.56 Å². The second-order valence-electron chi connectivity index (χ2n) is 2.45. The highest BCUT2D eigenvalue weighted by molar-refractivity contribution is 5.28. The molecular formula is C9H11NO2. The largest absolute Gasteiger partial charge is 0.497 e. The lowest BCUT2D eigenvalue weighted by molar-refractivity contribution is 0.414. The fourth-order valence-corrected chi connectivity index (χ4v) is 1.00. The zero-order chi connectivity index (χ0) is 8.81. The third kappa shape index (κ3) is 2.34. The minimum Gasteiger partial charge on any atom is -0.497 e. The van der Waals surface area contributed by atoms with Crippen LogP contribution in [0.4, 0.5) is 0 Å². The topological polar surface area (TPSA) is 38.7 Å². The van der Waals surface area contributed by atoms with Crippen LogP contribution in [0.3, 0.4) is 0 Å². The van der Waals surface area contributed by atoms with Crippen LogP contribution in [-0.2, 0) is 6.42 Å². The van der Waals surface area contributed by atoms with Crippen LogP contribution in [0.25, 0.3) is 0 Å². The van der Waals surface area contributed by atoms with Gasteiger partial charge >= 0.3 is 0 Å². The van der Waals surface area contributed by atoms with Crippen molar-refractivity contribution in [2.45, 2.75) is 6.42 Å². The van der Waals surface area contributed by atoms with E-state index in [0.29, 0.717) is 13.0 Å². The molecule has 0 aliphatic carbocycles. The molecular weight excluding hydrogens is 154 g/mol. The maximum Gasteiger partial charge on any atom is 0.119 e. The van der Waals surface area contributed by atoms with E-state index >= 15 is 0 Å². The van der Waals surface area contributed by atoms with Crippen LogP contribution < -0.4 is 4.74 Å². The number of rotatable bonds is 4. The summed E-state index contributed by atoms with van der Waals surface area (Å²) in [7, 11) is 1.62. The molecule has 3 heteroatoms. The number of methoxy groups -OCH3 is 1. The quantitative estimate of drug-likeness (QED) is 0.640. The minimum absolute atomic E-state index is 0.327. The Kier molecular flexibility index (Phi) is 3.26. The van der Waals surface area contributed by atoms with E-state index in [9.17, 15) is 4.91 Å². The number of hydrogen-bond donors (Lipinski definition) is 0. The van der Waals surface area contributed by atoms with E-state index in [1.807, 2.05) is 24.3 Å². The average molecular weight is 165 g/mol. The molecule has 64 valence electrons. The predicted octanol–water partition coefficient (Wildman–Crippen LogP) is 2.00. The highest BCUT2D eigenvalue weighted by Gasteiger charge is 1.94. The van der Waals surface area contributed by atoms with Gasteiger partial charge in [-0.25, -0.2) is 0 Å². The summed E-state index contributed by atoms with van der Waals surface area (Å²) in [5.74, 6) is 0.818. The van der Waals surface area contributed by atoms with Gasteiger partial charge in [0, 0.05) is 0 Å². The Morgan fingerprint density at radius 2 is 2.33 bits per heavy atom. The molecule has 0 aromatic heterocycles. The van der Waals surface area contributed by atoms with Crippen LogP contribution in [0.5, 0.6) is 5.75 Å². The van der Waals surface area contributed by atoms with Gasteiger partial charge in [-0.1, -0.05) is 17.3 Å². The van der Waals surface area contributed by atoms with Gasteiger partial charge in [-0.3, -0.25) is 0 Å². The highest BCUT2D eigenvalue weighted by Crippen LogP contribution is 2.12. The lowest BCUT2D eigenvalue weighted by atomic mass is 10.1. The van der Waals surface area contributed by atoms with Crippen molar-refractivity contribution in [2.75, 3.05) is 13.7 Å². The van der Waals surface area contributed by atoms with E-state index < -0.39 is 0 Å². The molecule has 1 aromatic carbocycles. The first kappa shape index (κ1) is 8.71. The molecule has 0 radical (unpaired) electrons. The SMILES string of the molecule is COc1cccc(CCN=O)c1. The zero-order valence-electron chi connectivity index (χ0n) is 6.99. The molecule has 0 N–H and O–H groups in total. The van der Waals surface area contributed by atoms with E-state index in [1.54, 1.807) is 7.11 Å². The van der Waals surface area contributed by atoms with Gasteiger partial charge in [0.05, 0.1) is 13.7 Å². The van der Waals surface area contributed by atoms with Gasteiger partial charge in [0.1, 0.15) is 5.75 Å². The summed E-state index contributed by atoms with van der Waals surface area (Å²) in [5, 5.41) is 2.80. The van der Waals surface area contributed by atoms with Crippen LogP contribution in [0, 0.1) is 4.91 Å². The molecule has 0 saturated carbocycles. The van der Waals surface area contributed by atoms with Crippen molar-refractivity contribution in [2.24, 2.45) is 5.18 Å². The Hall–Kier alpha value is -1.38. The van der Waals surface area contributed by atoms with E-state index in [4.69, 9.17) is 4.74 Å². The maximum atomic E-state index is 9.85. The number of ether oxygens (including phenoxy) is 1. The summed E-state index contributed by atoms with van der Waals surface area (Å²) in [6.45, 7) is 0.327. The van der Waals surface area contributed by atoms with Crippen LogP contribution in [-0.4, -0.2) is 13.7 Å². The third-order valence-electron chi connectivity index (χ3n) is 1.63. The molecule has 1 aromatic rings. The molecule has 1 rings (SSSR count). The molecule has 0 bridgehead atoms. The van der Waals surface area contributed by atoms with Crippen molar-refractivity contribution in [1.29, 1.82) is 0 Å². The molecule has 0 atom stereocenters. The second-order valence-corrected chi connectivity index (χ2v) is 2.45. The number of nitrogens with zero attached hydrogens (tertiary/aromatic N) is 1. The average Bonchev–Trinajstić information content (AvgIpc) is 2.15. The molecule has 0 unspecified atom stereocenters. The molecule has 0 spiro atoms. The van der Waals surface area contributed by atoms with Gasteiger partial charge in [-0.15, -0.1) is 0 Å². The lowest BCUT2D eigenvalue weighted by Gasteiger charge is -2.01. The van der Waals surface area contributed by atoms with Crippen molar-refractivity contribution >= 4 is 0 Å². The zero-order valence-corrected chi connectivity index (χ0v) is 6.99. The van der Waals surface area contributed by atoms with Crippen molar-refractivity contribution < 1.29 is 4.74 Å². The summed E-state index contributed by atoms with van der Waals surface area (Å²) in [4.78, 5) is 9.85. The standard InChI is InChI=1S/C9H11NO2/c1-12-9-4-2-3-8(7-9)5-6-10-11/h2-4,7H,5-6H2,1H3. The Balaban J connectivity index is 2.65. The number of benzene rings is 1. The van der Waals surface area contributed by atoms with E-state index in [1.165, 1.54) is 0 Å². The molecule has 0 aliphatic heterocycles. The number of hydrogen-bond acceptors (Lipinski definition) is 3. The highest BCUT2D eigenvalue weighted by atomic mass is 16.5. The Morgan fingerprint density at radius 3 is 3.00 bits per heavy atom. The molecule has 0 aliphatic rings. The normalized spacial score (nSPS) is 9.42.